The minimum Gasteiger partial charge on any atom is -0.486 e. The van der Waals surface area contributed by atoms with Gasteiger partial charge in [0.1, 0.15) is 11.9 Å². The minimum atomic E-state index is -1.00. The van der Waals surface area contributed by atoms with Crippen LogP contribution >= 0.6 is 0 Å². The second-order valence-corrected chi connectivity index (χ2v) is 3.32. The largest absolute Gasteiger partial charge is 0.486 e. The van der Waals surface area contributed by atoms with Crippen LogP contribution in [0.25, 0.3) is 0 Å². The predicted molar refractivity (Wildman–Crippen MR) is 51.0 cm³/mol. The van der Waals surface area contributed by atoms with Crippen molar-refractivity contribution in [3.8, 4) is 5.75 Å². The monoisotopic (exact) mass is 209 g/mol. The molecule has 1 aromatic heterocycles. The topological polar surface area (TPSA) is 68.7 Å². The van der Waals surface area contributed by atoms with Crippen molar-refractivity contribution in [2.45, 2.75) is 12.5 Å². The molecule has 0 saturated carbocycles. The van der Waals surface area contributed by atoms with Gasteiger partial charge in [0.05, 0.1) is 25.0 Å². The number of aromatic carboxylic acids is 1. The first kappa shape index (κ1) is 9.92. The van der Waals surface area contributed by atoms with Gasteiger partial charge in [-0.25, -0.2) is 4.79 Å². The molecule has 0 aliphatic carbocycles. The summed E-state index contributed by atoms with van der Waals surface area (Å²) < 4.78 is 10.7. The van der Waals surface area contributed by atoms with Gasteiger partial charge in [0.25, 0.3) is 0 Å². The van der Waals surface area contributed by atoms with Crippen LogP contribution in [0.3, 0.4) is 0 Å². The van der Waals surface area contributed by atoms with E-state index >= 15 is 0 Å². The third-order valence-electron chi connectivity index (χ3n) is 2.15. The zero-order valence-corrected chi connectivity index (χ0v) is 8.05. The van der Waals surface area contributed by atoms with Gasteiger partial charge < -0.3 is 14.6 Å². The number of hydrogen-bond donors (Lipinski definition) is 1. The van der Waals surface area contributed by atoms with E-state index in [1.165, 1.54) is 18.5 Å². The fourth-order valence-corrected chi connectivity index (χ4v) is 1.40. The van der Waals surface area contributed by atoms with Gasteiger partial charge in [-0.3, -0.25) is 4.98 Å². The lowest BCUT2D eigenvalue weighted by Crippen LogP contribution is -2.16. The molecule has 2 heterocycles. The molecule has 1 aliphatic heterocycles. The van der Waals surface area contributed by atoms with Crippen molar-refractivity contribution in [2.24, 2.45) is 0 Å². The summed E-state index contributed by atoms with van der Waals surface area (Å²) in [6.45, 7) is 1.24. The van der Waals surface area contributed by atoms with Crippen LogP contribution in [-0.4, -0.2) is 35.4 Å². The van der Waals surface area contributed by atoms with Crippen LogP contribution in [0.4, 0.5) is 0 Å². The van der Waals surface area contributed by atoms with Crippen LogP contribution in [0.5, 0.6) is 5.75 Å². The Labute approximate surface area is 86.7 Å². The lowest BCUT2D eigenvalue weighted by Gasteiger charge is -2.11. The maximum atomic E-state index is 10.7. The summed E-state index contributed by atoms with van der Waals surface area (Å²) in [6.07, 6.45) is 3.64. The molecule has 80 valence electrons. The number of nitrogens with zero attached hydrogens (tertiary/aromatic N) is 1. The van der Waals surface area contributed by atoms with E-state index in [1.54, 1.807) is 0 Å². The Kier molecular flexibility index (Phi) is 2.82. The quantitative estimate of drug-likeness (QED) is 0.802. The van der Waals surface area contributed by atoms with Gasteiger partial charge in [-0.15, -0.1) is 0 Å². The van der Waals surface area contributed by atoms with Crippen LogP contribution in [0, 0.1) is 0 Å². The van der Waals surface area contributed by atoms with Crippen molar-refractivity contribution in [3.05, 3.63) is 24.0 Å². The Bertz CT molecular complexity index is 360. The first-order valence-electron chi connectivity index (χ1n) is 4.68. The van der Waals surface area contributed by atoms with Crippen LogP contribution in [0.1, 0.15) is 16.8 Å². The maximum absolute atomic E-state index is 10.7. The van der Waals surface area contributed by atoms with Gasteiger partial charge in [0.2, 0.25) is 0 Å². The molecule has 1 N–H and O–H groups in total. The summed E-state index contributed by atoms with van der Waals surface area (Å²) in [6, 6.07) is 1.47. The van der Waals surface area contributed by atoms with E-state index in [4.69, 9.17) is 14.6 Å². The summed E-state index contributed by atoms with van der Waals surface area (Å²) in [5, 5.41) is 8.75. The molecule has 1 saturated heterocycles. The highest BCUT2D eigenvalue weighted by Crippen LogP contribution is 2.16. The van der Waals surface area contributed by atoms with Crippen LogP contribution in [0.2, 0.25) is 0 Å². The SMILES string of the molecule is O=C(O)c1cncc(O[C@@H]2CCOC2)c1. The molecule has 15 heavy (non-hydrogen) atoms. The van der Waals surface area contributed by atoms with Crippen molar-refractivity contribution < 1.29 is 19.4 Å². The van der Waals surface area contributed by atoms with Gasteiger partial charge in [0.15, 0.2) is 0 Å². The predicted octanol–water partition coefficient (Wildman–Crippen LogP) is 0.948. The molecular weight excluding hydrogens is 198 g/mol. The average molecular weight is 209 g/mol. The first-order valence-corrected chi connectivity index (χ1v) is 4.68. The van der Waals surface area contributed by atoms with Gasteiger partial charge >= 0.3 is 5.97 Å². The highest BCUT2D eigenvalue weighted by Gasteiger charge is 2.17. The third kappa shape index (κ3) is 2.44. The molecule has 0 aromatic carbocycles. The van der Waals surface area contributed by atoms with Crippen molar-refractivity contribution >= 4 is 5.97 Å². The molecule has 1 fully saturated rings. The number of carbonyl (C=O) groups is 1. The molecule has 0 bridgehead atoms. The Morgan fingerprint density at radius 3 is 3.13 bits per heavy atom. The smallest absolute Gasteiger partial charge is 0.337 e. The first-order chi connectivity index (χ1) is 7.25. The van der Waals surface area contributed by atoms with E-state index in [1.807, 2.05) is 0 Å². The van der Waals surface area contributed by atoms with E-state index in [9.17, 15) is 4.79 Å². The third-order valence-corrected chi connectivity index (χ3v) is 2.15. The Morgan fingerprint density at radius 1 is 1.60 bits per heavy atom. The number of hydrogen-bond acceptors (Lipinski definition) is 4. The molecule has 0 radical (unpaired) electrons. The number of aromatic nitrogens is 1. The normalized spacial score (nSPS) is 20.1. The van der Waals surface area contributed by atoms with E-state index in [-0.39, 0.29) is 11.7 Å². The van der Waals surface area contributed by atoms with Gasteiger partial charge in [-0.1, -0.05) is 0 Å². The van der Waals surface area contributed by atoms with E-state index in [0.29, 0.717) is 19.0 Å². The molecule has 5 nitrogen and oxygen atoms in total. The van der Waals surface area contributed by atoms with Crippen LogP contribution < -0.4 is 4.74 Å². The molecule has 1 atom stereocenters. The van der Waals surface area contributed by atoms with Crippen molar-refractivity contribution in [1.29, 1.82) is 0 Å². The number of carboxylic acids is 1. The maximum Gasteiger partial charge on any atom is 0.337 e. The summed E-state index contributed by atoms with van der Waals surface area (Å²) in [7, 11) is 0. The number of rotatable bonds is 3. The number of pyridine rings is 1. The molecule has 1 aromatic rings. The molecule has 2 rings (SSSR count). The highest BCUT2D eigenvalue weighted by molar-refractivity contribution is 5.87. The summed E-state index contributed by atoms with van der Waals surface area (Å²) in [5.74, 6) is -0.527. The Morgan fingerprint density at radius 2 is 2.47 bits per heavy atom. The fraction of sp³-hybridized carbons (Fsp3) is 0.400. The van der Waals surface area contributed by atoms with E-state index < -0.39 is 5.97 Å². The number of carboxylic acid groups (broad SMARTS) is 1. The molecule has 0 unspecified atom stereocenters. The van der Waals surface area contributed by atoms with E-state index in [0.717, 1.165) is 6.42 Å². The van der Waals surface area contributed by atoms with E-state index in [2.05, 4.69) is 4.98 Å². The van der Waals surface area contributed by atoms with Crippen molar-refractivity contribution in [2.75, 3.05) is 13.2 Å². The van der Waals surface area contributed by atoms with Crippen LogP contribution in [0.15, 0.2) is 18.5 Å². The summed E-state index contributed by atoms with van der Waals surface area (Å²) >= 11 is 0. The average Bonchev–Trinajstić information content (AvgIpc) is 2.71. The molecular formula is C10H11NO4. The second kappa shape index (κ2) is 4.27. The molecule has 1 aliphatic rings. The summed E-state index contributed by atoms with van der Waals surface area (Å²) in [4.78, 5) is 14.5. The second-order valence-electron chi connectivity index (χ2n) is 3.32. The fourth-order valence-electron chi connectivity index (χ4n) is 1.40. The zero-order valence-electron chi connectivity index (χ0n) is 8.05. The van der Waals surface area contributed by atoms with Gasteiger partial charge in [-0.05, 0) is 6.07 Å². The Hall–Kier alpha value is -1.62. The lowest BCUT2D eigenvalue weighted by atomic mass is 10.2. The standard InChI is InChI=1S/C10H11NO4/c12-10(13)7-3-9(5-11-4-7)15-8-1-2-14-6-8/h3-5,8H,1-2,6H2,(H,12,13)/t8-/m1/s1. The summed E-state index contributed by atoms with van der Waals surface area (Å²) in [5.41, 5.74) is 0.131. The zero-order chi connectivity index (χ0) is 10.7. The lowest BCUT2D eigenvalue weighted by molar-refractivity contribution is 0.0695. The van der Waals surface area contributed by atoms with Crippen molar-refractivity contribution in [3.63, 3.8) is 0 Å². The van der Waals surface area contributed by atoms with Gasteiger partial charge in [0, 0.05) is 12.6 Å². The van der Waals surface area contributed by atoms with Crippen LogP contribution in [-0.2, 0) is 4.74 Å². The van der Waals surface area contributed by atoms with Gasteiger partial charge in [-0.2, -0.15) is 0 Å². The van der Waals surface area contributed by atoms with Crippen molar-refractivity contribution in [1.82, 2.24) is 4.98 Å². The number of ether oxygens (including phenoxy) is 2. The molecule has 0 amide bonds. The molecule has 0 spiro atoms. The Balaban J connectivity index is 2.07. The molecule has 5 heteroatoms. The minimum absolute atomic E-state index is 0.0100. The highest BCUT2D eigenvalue weighted by atomic mass is 16.5.